The molecule has 8 nitrogen and oxygen atoms in total. The topological polar surface area (TPSA) is 121 Å². The van der Waals surface area contributed by atoms with Crippen molar-refractivity contribution in [2.45, 2.75) is 6.92 Å². The van der Waals surface area contributed by atoms with E-state index in [1.54, 1.807) is 12.3 Å². The number of hydrogen-bond acceptors (Lipinski definition) is 6. The Morgan fingerprint density at radius 1 is 1.33 bits per heavy atom. The molecule has 3 N–H and O–H groups in total. The van der Waals surface area contributed by atoms with Gasteiger partial charge in [-0.15, -0.1) is 11.3 Å². The minimum atomic E-state index is -0.816. The lowest BCUT2D eigenvalue weighted by Gasteiger charge is -2.06. The summed E-state index contributed by atoms with van der Waals surface area (Å²) in [5, 5.41) is 4.16. The number of carbonyl (C=O) groups excluding carboxylic acids is 2. The van der Waals surface area contributed by atoms with Crippen molar-refractivity contribution in [1.29, 1.82) is 0 Å². The number of ether oxygens (including phenoxy) is 1. The third-order valence-corrected chi connectivity index (χ3v) is 3.73. The first-order valence-electron chi connectivity index (χ1n) is 5.73. The van der Waals surface area contributed by atoms with E-state index in [4.69, 9.17) is 0 Å². The van der Waals surface area contributed by atoms with E-state index in [1.807, 2.05) is 4.98 Å². The zero-order valence-corrected chi connectivity index (χ0v) is 11.9. The highest BCUT2D eigenvalue weighted by atomic mass is 32.1. The zero-order chi connectivity index (χ0) is 15.6. The Balaban J connectivity index is 2.36. The maximum absolute atomic E-state index is 12.1. The Labute approximate surface area is 121 Å². The van der Waals surface area contributed by atoms with Gasteiger partial charge in [0, 0.05) is 6.20 Å². The average molecular weight is 309 g/mol. The van der Waals surface area contributed by atoms with Crippen molar-refractivity contribution >= 4 is 28.9 Å². The Hall–Kier alpha value is -2.68. The van der Waals surface area contributed by atoms with E-state index in [2.05, 4.69) is 15.0 Å². The predicted molar refractivity (Wildman–Crippen MR) is 76.0 cm³/mol. The molecular formula is C12H11N3O5S. The molecule has 2 aromatic heterocycles. The molecule has 0 fully saturated rings. The fourth-order valence-corrected chi connectivity index (χ4v) is 2.52. The summed E-state index contributed by atoms with van der Waals surface area (Å²) < 4.78 is 4.62. The van der Waals surface area contributed by atoms with Gasteiger partial charge in [-0.2, -0.15) is 0 Å². The molecule has 0 aromatic carbocycles. The molecule has 0 bridgehead atoms. The molecule has 0 unspecified atom stereocenters. The molecule has 1 amide bonds. The molecule has 21 heavy (non-hydrogen) atoms. The molecule has 110 valence electrons. The number of nitrogens with one attached hydrogen (secondary N) is 3. The molecule has 0 atom stereocenters. The molecule has 0 saturated carbocycles. The minimum absolute atomic E-state index is 0.226. The number of hydrogen-bond donors (Lipinski definition) is 3. The summed E-state index contributed by atoms with van der Waals surface area (Å²) in [5.41, 5.74) is -0.852. The largest absolute Gasteiger partial charge is 0.465 e. The SMILES string of the molecule is COC(=O)c1scc(C)c1NC(=O)c1c[nH]c(=O)[nH]c1=O. The minimum Gasteiger partial charge on any atom is -0.465 e. The number of aromatic amines is 2. The molecule has 0 aliphatic heterocycles. The average Bonchev–Trinajstić information content (AvgIpc) is 2.79. The summed E-state index contributed by atoms with van der Waals surface area (Å²) in [4.78, 5) is 50.5. The normalized spacial score (nSPS) is 10.2. The smallest absolute Gasteiger partial charge is 0.350 e. The quantitative estimate of drug-likeness (QED) is 0.712. The van der Waals surface area contributed by atoms with Crippen LogP contribution >= 0.6 is 11.3 Å². The van der Waals surface area contributed by atoms with E-state index >= 15 is 0 Å². The molecule has 9 heteroatoms. The lowest BCUT2D eigenvalue weighted by molar-refractivity contribution is 0.0607. The van der Waals surface area contributed by atoms with Crippen LogP contribution in [0, 0.1) is 6.92 Å². The van der Waals surface area contributed by atoms with E-state index in [0.717, 1.165) is 17.5 Å². The monoisotopic (exact) mass is 309 g/mol. The van der Waals surface area contributed by atoms with Crippen molar-refractivity contribution in [1.82, 2.24) is 9.97 Å². The Morgan fingerprint density at radius 3 is 2.67 bits per heavy atom. The van der Waals surface area contributed by atoms with Crippen LogP contribution < -0.4 is 16.6 Å². The van der Waals surface area contributed by atoms with Gasteiger partial charge in [-0.3, -0.25) is 14.6 Å². The number of anilines is 1. The van der Waals surface area contributed by atoms with Gasteiger partial charge in [0.25, 0.3) is 11.5 Å². The third-order valence-electron chi connectivity index (χ3n) is 2.65. The van der Waals surface area contributed by atoms with Crippen molar-refractivity contribution in [3.8, 4) is 0 Å². The summed E-state index contributed by atoms with van der Waals surface area (Å²) in [6, 6.07) is 0. The van der Waals surface area contributed by atoms with Crippen LogP contribution in [0.25, 0.3) is 0 Å². The number of amides is 1. The molecule has 0 aliphatic carbocycles. The Bertz CT molecular complexity index is 817. The second-order valence-corrected chi connectivity index (χ2v) is 4.93. The Morgan fingerprint density at radius 2 is 2.05 bits per heavy atom. The van der Waals surface area contributed by atoms with Crippen LogP contribution in [0.1, 0.15) is 25.6 Å². The van der Waals surface area contributed by atoms with Gasteiger partial charge in [0.2, 0.25) is 0 Å². The van der Waals surface area contributed by atoms with E-state index < -0.39 is 23.1 Å². The third kappa shape index (κ3) is 2.92. The van der Waals surface area contributed by atoms with Crippen LogP contribution in [0.3, 0.4) is 0 Å². The van der Waals surface area contributed by atoms with E-state index in [1.165, 1.54) is 7.11 Å². The van der Waals surface area contributed by atoms with Crippen LogP contribution in [-0.2, 0) is 4.74 Å². The number of rotatable bonds is 3. The molecule has 2 heterocycles. The maximum atomic E-state index is 12.1. The van der Waals surface area contributed by atoms with Crippen molar-refractivity contribution in [3.63, 3.8) is 0 Å². The first-order valence-corrected chi connectivity index (χ1v) is 6.61. The lowest BCUT2D eigenvalue weighted by Crippen LogP contribution is -2.30. The fourth-order valence-electron chi connectivity index (χ4n) is 1.60. The first kappa shape index (κ1) is 14.7. The number of carbonyl (C=O) groups is 2. The predicted octanol–water partition coefficient (Wildman–Crippen LogP) is 0.472. The fraction of sp³-hybridized carbons (Fsp3) is 0.167. The van der Waals surface area contributed by atoms with E-state index in [9.17, 15) is 19.2 Å². The van der Waals surface area contributed by atoms with Gasteiger partial charge in [0.15, 0.2) is 0 Å². The van der Waals surface area contributed by atoms with Gasteiger partial charge in [-0.1, -0.05) is 0 Å². The van der Waals surface area contributed by atoms with Crippen LogP contribution in [0.4, 0.5) is 5.69 Å². The number of aryl methyl sites for hydroxylation is 1. The Kier molecular flexibility index (Phi) is 4.03. The second kappa shape index (κ2) is 5.75. The van der Waals surface area contributed by atoms with Crippen molar-refractivity contribution in [2.24, 2.45) is 0 Å². The molecule has 0 aliphatic rings. The molecule has 2 aromatic rings. The van der Waals surface area contributed by atoms with Gasteiger partial charge in [0.1, 0.15) is 10.4 Å². The van der Waals surface area contributed by atoms with Gasteiger partial charge in [-0.05, 0) is 17.9 Å². The first-order chi connectivity index (χ1) is 9.93. The molecular weight excluding hydrogens is 298 g/mol. The van der Waals surface area contributed by atoms with Crippen molar-refractivity contribution in [3.05, 3.63) is 48.4 Å². The standard InChI is InChI=1S/C12H11N3O5S/c1-5-4-21-8(11(18)20-2)7(5)14-9(16)6-3-13-12(19)15-10(6)17/h3-4H,1-2H3,(H,14,16)(H2,13,15,17,19). The van der Waals surface area contributed by atoms with E-state index in [0.29, 0.717) is 5.56 Å². The van der Waals surface area contributed by atoms with Crippen molar-refractivity contribution < 1.29 is 14.3 Å². The number of aromatic nitrogens is 2. The van der Waals surface area contributed by atoms with Crippen LogP contribution in [-0.4, -0.2) is 29.0 Å². The second-order valence-electron chi connectivity index (χ2n) is 4.05. The number of methoxy groups -OCH3 is 1. The van der Waals surface area contributed by atoms with E-state index in [-0.39, 0.29) is 16.1 Å². The summed E-state index contributed by atoms with van der Waals surface area (Å²) in [7, 11) is 1.23. The number of thiophene rings is 1. The lowest BCUT2D eigenvalue weighted by atomic mass is 10.2. The van der Waals surface area contributed by atoms with Crippen molar-refractivity contribution in [2.75, 3.05) is 12.4 Å². The van der Waals surface area contributed by atoms with Gasteiger partial charge < -0.3 is 15.0 Å². The zero-order valence-electron chi connectivity index (χ0n) is 11.1. The van der Waals surface area contributed by atoms with Gasteiger partial charge in [0.05, 0.1) is 12.8 Å². The maximum Gasteiger partial charge on any atom is 0.350 e. The number of H-pyrrole nitrogens is 2. The molecule has 0 radical (unpaired) electrons. The highest BCUT2D eigenvalue weighted by molar-refractivity contribution is 7.12. The summed E-state index contributed by atoms with van der Waals surface area (Å²) >= 11 is 1.12. The highest BCUT2D eigenvalue weighted by Gasteiger charge is 2.20. The van der Waals surface area contributed by atoms with Crippen LogP contribution in [0.5, 0.6) is 0 Å². The van der Waals surface area contributed by atoms with Gasteiger partial charge >= 0.3 is 11.7 Å². The highest BCUT2D eigenvalue weighted by Crippen LogP contribution is 2.28. The molecule has 2 rings (SSSR count). The summed E-state index contributed by atoms with van der Waals surface area (Å²) in [6.07, 6.45) is 1.01. The summed E-state index contributed by atoms with van der Waals surface area (Å²) in [6.45, 7) is 1.70. The summed E-state index contributed by atoms with van der Waals surface area (Å²) in [5.74, 6) is -1.32. The molecule has 0 saturated heterocycles. The van der Waals surface area contributed by atoms with Crippen LogP contribution in [0.15, 0.2) is 21.2 Å². The molecule has 0 spiro atoms. The van der Waals surface area contributed by atoms with Crippen LogP contribution in [0.2, 0.25) is 0 Å². The number of esters is 1. The van der Waals surface area contributed by atoms with Gasteiger partial charge in [-0.25, -0.2) is 9.59 Å².